The van der Waals surface area contributed by atoms with Gasteiger partial charge in [0.25, 0.3) is 0 Å². The van der Waals surface area contributed by atoms with E-state index in [0.717, 1.165) is 24.3 Å². The van der Waals surface area contributed by atoms with Gasteiger partial charge in [-0.3, -0.25) is 9.59 Å². The second kappa shape index (κ2) is 8.12. The number of hydrogen-bond acceptors (Lipinski definition) is 2. The molecule has 1 atom stereocenters. The summed E-state index contributed by atoms with van der Waals surface area (Å²) in [6.07, 6.45) is -4.65. The predicted octanol–water partition coefficient (Wildman–Crippen LogP) is 4.68. The number of carbonyl (C=O) groups is 2. The van der Waals surface area contributed by atoms with E-state index >= 15 is 0 Å². The third-order valence-electron chi connectivity index (χ3n) is 3.84. The minimum Gasteiger partial charge on any atom is -0.350 e. The van der Waals surface area contributed by atoms with Gasteiger partial charge in [-0.15, -0.1) is 0 Å². The summed E-state index contributed by atoms with van der Waals surface area (Å²) in [6, 6.07) is 9.05. The minimum atomic E-state index is -4.46. The van der Waals surface area contributed by atoms with Gasteiger partial charge in [-0.25, -0.2) is 4.39 Å². The average molecular weight is 367 g/mol. The van der Waals surface area contributed by atoms with Gasteiger partial charge >= 0.3 is 6.18 Å². The summed E-state index contributed by atoms with van der Waals surface area (Å²) in [4.78, 5) is 23.9. The number of halogens is 4. The highest BCUT2D eigenvalue weighted by Gasteiger charge is 2.30. The molecule has 3 nitrogen and oxygen atoms in total. The monoisotopic (exact) mass is 367 g/mol. The number of benzene rings is 2. The zero-order chi connectivity index (χ0) is 19.3. The van der Waals surface area contributed by atoms with Crippen LogP contribution < -0.4 is 5.32 Å². The predicted molar refractivity (Wildman–Crippen MR) is 88.0 cm³/mol. The lowest BCUT2D eigenvalue weighted by Gasteiger charge is -2.16. The summed E-state index contributed by atoms with van der Waals surface area (Å²) in [6.45, 7) is 1.56. The van der Waals surface area contributed by atoms with Gasteiger partial charge in [0.05, 0.1) is 11.6 Å². The first-order valence-electron chi connectivity index (χ1n) is 7.92. The number of amides is 1. The van der Waals surface area contributed by atoms with Crippen molar-refractivity contribution in [2.75, 3.05) is 0 Å². The fraction of sp³-hybridized carbons (Fsp3) is 0.263. The summed E-state index contributed by atoms with van der Waals surface area (Å²) < 4.78 is 51.0. The molecule has 1 unspecified atom stereocenters. The molecule has 0 bridgehead atoms. The van der Waals surface area contributed by atoms with Crippen LogP contribution in [0, 0.1) is 5.82 Å². The molecule has 0 saturated carbocycles. The van der Waals surface area contributed by atoms with Crippen molar-refractivity contribution in [3.8, 4) is 0 Å². The Morgan fingerprint density at radius 1 is 1.04 bits per heavy atom. The highest BCUT2D eigenvalue weighted by molar-refractivity contribution is 5.97. The molecule has 2 aromatic carbocycles. The molecule has 0 radical (unpaired) electrons. The molecule has 0 aliphatic carbocycles. The van der Waals surface area contributed by atoms with E-state index in [1.807, 2.05) is 0 Å². The maximum absolute atomic E-state index is 12.8. The number of ketones is 1. The Bertz CT molecular complexity index is 785. The normalized spacial score (nSPS) is 12.5. The second-order valence-electron chi connectivity index (χ2n) is 5.84. The van der Waals surface area contributed by atoms with Crippen LogP contribution in [-0.2, 0) is 11.0 Å². The number of carbonyl (C=O) groups excluding carboxylic acids is 2. The second-order valence-corrected chi connectivity index (χ2v) is 5.84. The first-order chi connectivity index (χ1) is 12.2. The molecule has 7 heteroatoms. The molecule has 2 rings (SSSR count). The van der Waals surface area contributed by atoms with E-state index in [-0.39, 0.29) is 18.6 Å². The molecular weight excluding hydrogens is 350 g/mol. The summed E-state index contributed by atoms with van der Waals surface area (Å²) in [5.41, 5.74) is -0.175. The van der Waals surface area contributed by atoms with E-state index < -0.39 is 29.5 Å². The van der Waals surface area contributed by atoms with Gasteiger partial charge in [0.15, 0.2) is 5.78 Å². The number of nitrogens with one attached hydrogen (secondary N) is 1. The third-order valence-corrected chi connectivity index (χ3v) is 3.84. The molecule has 0 saturated heterocycles. The number of Topliss-reactive ketones (excluding diaryl/α,β-unsaturated/α-hetero) is 1. The first-order valence-corrected chi connectivity index (χ1v) is 7.92. The standard InChI is InChI=1S/C19H17F4NO2/c1-12(14-3-2-4-15(11-14)19(21,22)23)24-18(26)10-9-17(25)13-5-7-16(20)8-6-13/h2-8,11-12H,9-10H2,1H3,(H,24,26). The number of hydrogen-bond donors (Lipinski definition) is 1. The summed E-state index contributed by atoms with van der Waals surface area (Å²) >= 11 is 0. The van der Waals surface area contributed by atoms with Crippen LogP contribution in [0.25, 0.3) is 0 Å². The fourth-order valence-electron chi connectivity index (χ4n) is 2.39. The van der Waals surface area contributed by atoms with Crippen LogP contribution in [0.3, 0.4) is 0 Å². The highest BCUT2D eigenvalue weighted by Crippen LogP contribution is 2.30. The van der Waals surface area contributed by atoms with Gasteiger partial charge in [-0.1, -0.05) is 12.1 Å². The fourth-order valence-corrected chi connectivity index (χ4v) is 2.39. The third kappa shape index (κ3) is 5.40. The number of rotatable bonds is 6. The Kier molecular flexibility index (Phi) is 6.13. The maximum Gasteiger partial charge on any atom is 0.416 e. The molecule has 138 valence electrons. The lowest BCUT2D eigenvalue weighted by molar-refractivity contribution is -0.137. The molecule has 1 N–H and O–H groups in total. The lowest BCUT2D eigenvalue weighted by Crippen LogP contribution is -2.27. The summed E-state index contributed by atoms with van der Waals surface area (Å²) in [5, 5.41) is 2.57. The van der Waals surface area contributed by atoms with Crippen molar-refractivity contribution >= 4 is 11.7 Å². The van der Waals surface area contributed by atoms with E-state index in [4.69, 9.17) is 0 Å². The Labute approximate surface area is 148 Å². The van der Waals surface area contributed by atoms with Gasteiger partial charge in [0, 0.05) is 18.4 Å². The molecule has 0 aliphatic rings. The SMILES string of the molecule is CC(NC(=O)CCC(=O)c1ccc(F)cc1)c1cccc(C(F)(F)F)c1. The summed E-state index contributed by atoms with van der Waals surface area (Å²) in [5.74, 6) is -1.23. The van der Waals surface area contributed by atoms with Crippen molar-refractivity contribution in [1.29, 1.82) is 0 Å². The van der Waals surface area contributed by atoms with Gasteiger partial charge in [-0.05, 0) is 48.9 Å². The van der Waals surface area contributed by atoms with E-state index in [1.54, 1.807) is 6.92 Å². The van der Waals surface area contributed by atoms with Gasteiger partial charge in [-0.2, -0.15) is 13.2 Å². The average Bonchev–Trinajstić information content (AvgIpc) is 2.59. The van der Waals surface area contributed by atoms with Crippen molar-refractivity contribution in [3.05, 3.63) is 71.0 Å². The van der Waals surface area contributed by atoms with E-state index in [9.17, 15) is 27.2 Å². The van der Waals surface area contributed by atoms with E-state index in [2.05, 4.69) is 5.32 Å². The topological polar surface area (TPSA) is 46.2 Å². The van der Waals surface area contributed by atoms with Gasteiger partial charge < -0.3 is 5.32 Å². The van der Waals surface area contributed by atoms with Crippen LogP contribution in [0.15, 0.2) is 48.5 Å². The maximum atomic E-state index is 12.8. The van der Waals surface area contributed by atoms with Crippen molar-refractivity contribution < 1.29 is 27.2 Å². The Balaban J connectivity index is 1.91. The quantitative estimate of drug-likeness (QED) is 0.595. The highest BCUT2D eigenvalue weighted by atomic mass is 19.4. The van der Waals surface area contributed by atoms with Crippen LogP contribution >= 0.6 is 0 Å². The minimum absolute atomic E-state index is 0.0766. The molecule has 1 amide bonds. The molecule has 0 spiro atoms. The molecule has 0 heterocycles. The smallest absolute Gasteiger partial charge is 0.350 e. The Morgan fingerprint density at radius 2 is 1.69 bits per heavy atom. The van der Waals surface area contributed by atoms with Crippen molar-refractivity contribution in [2.45, 2.75) is 32.0 Å². The van der Waals surface area contributed by atoms with Crippen LogP contribution in [0.4, 0.5) is 17.6 Å². The Morgan fingerprint density at radius 3 is 2.31 bits per heavy atom. The van der Waals surface area contributed by atoms with Crippen molar-refractivity contribution in [3.63, 3.8) is 0 Å². The molecule has 0 aromatic heterocycles. The van der Waals surface area contributed by atoms with Crippen molar-refractivity contribution in [2.24, 2.45) is 0 Å². The van der Waals surface area contributed by atoms with Crippen LogP contribution in [0.2, 0.25) is 0 Å². The zero-order valence-electron chi connectivity index (χ0n) is 13.9. The largest absolute Gasteiger partial charge is 0.416 e. The van der Waals surface area contributed by atoms with Crippen LogP contribution in [-0.4, -0.2) is 11.7 Å². The lowest BCUT2D eigenvalue weighted by atomic mass is 10.0. The molecule has 0 fully saturated rings. The number of alkyl halides is 3. The molecular formula is C19H17F4NO2. The molecule has 26 heavy (non-hydrogen) atoms. The molecule has 2 aromatic rings. The van der Waals surface area contributed by atoms with Crippen LogP contribution in [0.1, 0.15) is 47.3 Å². The van der Waals surface area contributed by atoms with E-state index in [0.29, 0.717) is 11.1 Å². The first kappa shape index (κ1) is 19.6. The van der Waals surface area contributed by atoms with Gasteiger partial charge in [0.2, 0.25) is 5.91 Å². The Hall–Kier alpha value is -2.70. The van der Waals surface area contributed by atoms with Crippen molar-refractivity contribution in [1.82, 2.24) is 5.32 Å². The van der Waals surface area contributed by atoms with Gasteiger partial charge in [0.1, 0.15) is 5.82 Å². The van der Waals surface area contributed by atoms with E-state index in [1.165, 1.54) is 24.3 Å². The summed E-state index contributed by atoms with van der Waals surface area (Å²) in [7, 11) is 0. The zero-order valence-corrected chi connectivity index (χ0v) is 13.9. The van der Waals surface area contributed by atoms with Crippen LogP contribution in [0.5, 0.6) is 0 Å². The molecule has 0 aliphatic heterocycles.